The molecule has 0 aliphatic heterocycles. The first-order chi connectivity index (χ1) is 13.2. The fourth-order valence-corrected chi connectivity index (χ4v) is 5.01. The Kier molecular flexibility index (Phi) is 8.57. The Balaban J connectivity index is 1.89. The average Bonchev–Trinajstić information content (AvgIpc) is 2.59. The van der Waals surface area contributed by atoms with Crippen LogP contribution in [0.25, 0.3) is 0 Å². The fourth-order valence-electron chi connectivity index (χ4n) is 5.01. The Morgan fingerprint density at radius 3 is 1.39 bits per heavy atom. The lowest BCUT2D eigenvalue weighted by atomic mass is 9.75. The monoisotopic (exact) mass is 392 g/mol. The number of hydrogen-bond acceptors (Lipinski definition) is 4. The van der Waals surface area contributed by atoms with Gasteiger partial charge in [0, 0.05) is 12.2 Å². The van der Waals surface area contributed by atoms with E-state index in [1.807, 2.05) is 0 Å². The molecule has 0 aromatic heterocycles. The van der Waals surface area contributed by atoms with E-state index < -0.39 is 11.9 Å². The minimum atomic E-state index is -0.431. The molecule has 0 amide bonds. The van der Waals surface area contributed by atoms with Crippen molar-refractivity contribution >= 4 is 11.9 Å². The molecule has 0 aromatic rings. The van der Waals surface area contributed by atoms with E-state index in [9.17, 15) is 9.59 Å². The third kappa shape index (κ3) is 6.63. The van der Waals surface area contributed by atoms with E-state index in [4.69, 9.17) is 9.47 Å². The maximum atomic E-state index is 12.3. The van der Waals surface area contributed by atoms with Crippen LogP contribution in [0.15, 0.2) is 12.2 Å². The van der Waals surface area contributed by atoms with Crippen molar-refractivity contribution in [2.24, 2.45) is 35.5 Å². The number of rotatable bonds is 6. The highest BCUT2D eigenvalue weighted by Gasteiger charge is 2.34. The summed E-state index contributed by atoms with van der Waals surface area (Å²) in [5.41, 5.74) is 0. The highest BCUT2D eigenvalue weighted by atomic mass is 16.5. The van der Waals surface area contributed by atoms with E-state index >= 15 is 0 Å². The van der Waals surface area contributed by atoms with Crippen LogP contribution >= 0.6 is 0 Å². The first-order valence-electron chi connectivity index (χ1n) is 11.3. The second-order valence-corrected chi connectivity index (χ2v) is 9.94. The maximum absolute atomic E-state index is 12.3. The molecule has 160 valence electrons. The molecule has 0 N–H and O–H groups in total. The molecule has 4 nitrogen and oxygen atoms in total. The molecule has 2 fully saturated rings. The Morgan fingerprint density at radius 1 is 0.714 bits per heavy atom. The van der Waals surface area contributed by atoms with Crippen LogP contribution < -0.4 is 0 Å². The van der Waals surface area contributed by atoms with Crippen LogP contribution in [0, 0.1) is 35.5 Å². The third-order valence-corrected chi connectivity index (χ3v) is 6.81. The number of hydrogen-bond donors (Lipinski definition) is 0. The summed E-state index contributed by atoms with van der Waals surface area (Å²) in [6.45, 7) is 13.2. The lowest BCUT2D eigenvalue weighted by Crippen LogP contribution is -2.36. The zero-order chi connectivity index (χ0) is 20.8. The molecule has 0 heterocycles. The van der Waals surface area contributed by atoms with Gasteiger partial charge in [0.2, 0.25) is 0 Å². The lowest BCUT2D eigenvalue weighted by molar-refractivity contribution is -0.152. The summed E-state index contributed by atoms with van der Waals surface area (Å²) >= 11 is 0. The van der Waals surface area contributed by atoms with E-state index in [0.717, 1.165) is 25.7 Å². The average molecular weight is 393 g/mol. The second kappa shape index (κ2) is 10.5. The van der Waals surface area contributed by atoms with Crippen molar-refractivity contribution in [2.75, 3.05) is 0 Å². The SMILES string of the molecule is CC(C)[C@@H]1CC[C@@H](C)C[C@H]1OC(=O)C=CC(=O)O[C@@H]1C[C@H](C)CC[C@H]1C(C)C. The van der Waals surface area contributed by atoms with Crippen LogP contribution in [-0.2, 0) is 19.1 Å². The summed E-state index contributed by atoms with van der Waals surface area (Å²) in [5, 5.41) is 0. The predicted octanol–water partition coefficient (Wildman–Crippen LogP) is 5.55. The van der Waals surface area contributed by atoms with Gasteiger partial charge in [-0.2, -0.15) is 0 Å². The van der Waals surface area contributed by atoms with Gasteiger partial charge in [0.1, 0.15) is 12.2 Å². The third-order valence-electron chi connectivity index (χ3n) is 6.81. The van der Waals surface area contributed by atoms with Crippen LogP contribution in [0.5, 0.6) is 0 Å². The zero-order valence-electron chi connectivity index (χ0n) is 18.6. The topological polar surface area (TPSA) is 52.6 Å². The molecule has 0 saturated heterocycles. The van der Waals surface area contributed by atoms with Gasteiger partial charge in [-0.05, 0) is 61.2 Å². The van der Waals surface area contributed by atoms with Gasteiger partial charge in [-0.3, -0.25) is 0 Å². The van der Waals surface area contributed by atoms with Gasteiger partial charge in [-0.1, -0.05) is 54.4 Å². The quantitative estimate of drug-likeness (QED) is 0.439. The smallest absolute Gasteiger partial charge is 0.331 e. The Labute approximate surface area is 171 Å². The molecule has 2 saturated carbocycles. The van der Waals surface area contributed by atoms with Gasteiger partial charge in [-0.15, -0.1) is 0 Å². The summed E-state index contributed by atoms with van der Waals surface area (Å²) in [5.74, 6) is 2.05. The second-order valence-electron chi connectivity index (χ2n) is 9.94. The van der Waals surface area contributed by atoms with Crippen LogP contribution in [-0.4, -0.2) is 24.1 Å². The van der Waals surface area contributed by atoms with E-state index in [-0.39, 0.29) is 12.2 Å². The van der Waals surface area contributed by atoms with Gasteiger partial charge in [0.25, 0.3) is 0 Å². The van der Waals surface area contributed by atoms with Crippen LogP contribution in [0.4, 0.5) is 0 Å². The van der Waals surface area contributed by atoms with E-state index in [2.05, 4.69) is 41.5 Å². The zero-order valence-corrected chi connectivity index (χ0v) is 18.6. The molecule has 2 rings (SSSR count). The summed E-state index contributed by atoms with van der Waals surface area (Å²) in [6, 6.07) is 0. The number of carbonyl (C=O) groups is 2. The largest absolute Gasteiger partial charge is 0.459 e. The van der Waals surface area contributed by atoms with Gasteiger partial charge in [0.05, 0.1) is 0 Å². The summed E-state index contributed by atoms with van der Waals surface area (Å²) < 4.78 is 11.4. The van der Waals surface area contributed by atoms with Crippen molar-refractivity contribution in [1.82, 2.24) is 0 Å². The highest BCUT2D eigenvalue weighted by molar-refractivity contribution is 5.91. The Morgan fingerprint density at radius 2 is 1.07 bits per heavy atom. The molecule has 2 aliphatic rings. The Bertz CT molecular complexity index is 503. The van der Waals surface area contributed by atoms with Gasteiger partial charge in [0.15, 0.2) is 0 Å². The van der Waals surface area contributed by atoms with Gasteiger partial charge < -0.3 is 9.47 Å². The van der Waals surface area contributed by atoms with Gasteiger partial charge >= 0.3 is 11.9 Å². The van der Waals surface area contributed by atoms with Crippen LogP contribution in [0.1, 0.15) is 80.1 Å². The highest BCUT2D eigenvalue weighted by Crippen LogP contribution is 2.36. The molecule has 28 heavy (non-hydrogen) atoms. The summed E-state index contributed by atoms with van der Waals surface area (Å²) in [6.07, 6.45) is 8.77. The molecule has 2 aliphatic carbocycles. The molecule has 6 atom stereocenters. The first-order valence-corrected chi connectivity index (χ1v) is 11.3. The number of ether oxygens (including phenoxy) is 2. The van der Waals surface area contributed by atoms with Crippen molar-refractivity contribution in [3.63, 3.8) is 0 Å². The molecule has 4 heteroatoms. The molecule has 0 spiro atoms. The van der Waals surface area contributed by atoms with Crippen LogP contribution in [0.3, 0.4) is 0 Å². The van der Waals surface area contributed by atoms with Crippen molar-refractivity contribution in [3.8, 4) is 0 Å². The molecule has 0 radical (unpaired) electrons. The molecule has 0 bridgehead atoms. The predicted molar refractivity (Wildman–Crippen MR) is 112 cm³/mol. The van der Waals surface area contributed by atoms with E-state index in [0.29, 0.717) is 35.5 Å². The number of carbonyl (C=O) groups excluding carboxylic acids is 2. The van der Waals surface area contributed by atoms with Crippen LogP contribution in [0.2, 0.25) is 0 Å². The Hall–Kier alpha value is -1.32. The van der Waals surface area contributed by atoms with E-state index in [1.165, 1.54) is 25.0 Å². The lowest BCUT2D eigenvalue weighted by Gasteiger charge is -2.36. The first kappa shape index (κ1) is 23.0. The maximum Gasteiger partial charge on any atom is 0.331 e. The van der Waals surface area contributed by atoms with Crippen molar-refractivity contribution < 1.29 is 19.1 Å². The minimum absolute atomic E-state index is 0.0542. The minimum Gasteiger partial charge on any atom is -0.459 e. The summed E-state index contributed by atoms with van der Waals surface area (Å²) in [4.78, 5) is 24.6. The standard InChI is InChI=1S/C24H40O4/c1-15(2)19-9-7-17(5)13-21(19)27-23(25)11-12-24(26)28-22-14-18(6)8-10-20(22)16(3)4/h11-12,15-22H,7-10,13-14H2,1-6H3/t17-,18-,19+,20+,21-,22-/m1/s1. The van der Waals surface area contributed by atoms with E-state index in [1.54, 1.807) is 0 Å². The molecule has 0 unspecified atom stereocenters. The molecular weight excluding hydrogens is 352 g/mol. The molecule has 0 aromatic carbocycles. The normalized spacial score (nSPS) is 34.0. The fraction of sp³-hybridized carbons (Fsp3) is 0.833. The van der Waals surface area contributed by atoms with Gasteiger partial charge in [-0.25, -0.2) is 9.59 Å². The molecular formula is C24H40O4. The summed E-state index contributed by atoms with van der Waals surface area (Å²) in [7, 11) is 0. The van der Waals surface area contributed by atoms with Crippen molar-refractivity contribution in [3.05, 3.63) is 12.2 Å². The number of esters is 2. The van der Waals surface area contributed by atoms with Crippen molar-refractivity contribution in [1.29, 1.82) is 0 Å². The van der Waals surface area contributed by atoms with Crippen molar-refractivity contribution in [2.45, 2.75) is 92.3 Å².